The quantitative estimate of drug-likeness (QED) is 0.471. The predicted molar refractivity (Wildman–Crippen MR) is 87.3 cm³/mol. The van der Waals surface area contributed by atoms with Gasteiger partial charge < -0.3 is 4.74 Å². The number of hydrogen-bond acceptors (Lipinski definition) is 5. The van der Waals surface area contributed by atoms with Gasteiger partial charge in [-0.2, -0.15) is 4.31 Å². The predicted octanol–water partition coefficient (Wildman–Crippen LogP) is 2.74. The molecular weight excluding hydrogens is 332 g/mol. The third-order valence-electron chi connectivity index (χ3n) is 4.10. The van der Waals surface area contributed by atoms with Gasteiger partial charge in [-0.25, -0.2) is 8.42 Å². The third kappa shape index (κ3) is 2.74. The van der Waals surface area contributed by atoms with Gasteiger partial charge in [-0.15, -0.1) is 0 Å². The molecule has 3 atom stereocenters. The number of nitro groups is 1. The molecule has 126 valence electrons. The minimum absolute atomic E-state index is 0.0466. The van der Waals surface area contributed by atoms with E-state index in [1.165, 1.54) is 28.6 Å². The van der Waals surface area contributed by atoms with E-state index in [-0.39, 0.29) is 22.7 Å². The fourth-order valence-electron chi connectivity index (χ4n) is 2.80. The Kier molecular flexibility index (Phi) is 4.02. The Balaban J connectivity index is 1.89. The van der Waals surface area contributed by atoms with Crippen LogP contribution in [0.1, 0.15) is 18.5 Å². The summed E-state index contributed by atoms with van der Waals surface area (Å²) in [5.74, 6) is 0.666. The van der Waals surface area contributed by atoms with Gasteiger partial charge >= 0.3 is 0 Å². The highest BCUT2D eigenvalue weighted by Gasteiger charge is 2.53. The van der Waals surface area contributed by atoms with E-state index in [2.05, 4.69) is 0 Å². The molecule has 1 aliphatic heterocycles. The summed E-state index contributed by atoms with van der Waals surface area (Å²) in [6.07, 6.45) is 0. The monoisotopic (exact) mass is 348 g/mol. The molecule has 0 aliphatic carbocycles. The molecule has 0 N–H and O–H groups in total. The maximum absolute atomic E-state index is 12.7. The average Bonchev–Trinajstić information content (AvgIpc) is 3.27. The Bertz CT molecular complexity index is 880. The summed E-state index contributed by atoms with van der Waals surface area (Å²) in [5.41, 5.74) is 0.712. The minimum Gasteiger partial charge on any atom is -0.497 e. The van der Waals surface area contributed by atoms with Crippen molar-refractivity contribution in [2.75, 3.05) is 7.11 Å². The van der Waals surface area contributed by atoms with Crippen molar-refractivity contribution >= 4 is 15.7 Å². The number of benzene rings is 2. The lowest BCUT2D eigenvalue weighted by atomic mass is 10.1. The molecule has 0 aromatic heterocycles. The van der Waals surface area contributed by atoms with Crippen LogP contribution in [0, 0.1) is 10.1 Å². The summed E-state index contributed by atoms with van der Waals surface area (Å²) >= 11 is 0. The van der Waals surface area contributed by atoms with Crippen LogP contribution >= 0.6 is 0 Å². The van der Waals surface area contributed by atoms with Crippen LogP contribution in [0.4, 0.5) is 5.69 Å². The highest BCUT2D eigenvalue weighted by molar-refractivity contribution is 7.89. The number of sulfonamides is 1. The van der Waals surface area contributed by atoms with Crippen molar-refractivity contribution in [1.82, 2.24) is 4.31 Å². The SMILES string of the molecule is COc1cccc([C@H]2[C@H](C)N2S(=O)(=O)c2ccc([N+](=O)[O-])cc2)c1. The van der Waals surface area contributed by atoms with Crippen molar-refractivity contribution in [1.29, 1.82) is 0 Å². The molecule has 1 unspecified atom stereocenters. The van der Waals surface area contributed by atoms with Crippen LogP contribution < -0.4 is 4.74 Å². The Hall–Kier alpha value is -2.45. The van der Waals surface area contributed by atoms with E-state index in [0.29, 0.717) is 5.75 Å². The van der Waals surface area contributed by atoms with Crippen LogP contribution in [0.15, 0.2) is 53.4 Å². The molecule has 1 fully saturated rings. The number of methoxy groups -OCH3 is 1. The van der Waals surface area contributed by atoms with E-state index in [0.717, 1.165) is 5.56 Å². The number of rotatable bonds is 5. The first-order valence-electron chi connectivity index (χ1n) is 7.28. The molecule has 1 saturated heterocycles. The van der Waals surface area contributed by atoms with Crippen molar-refractivity contribution in [3.8, 4) is 5.75 Å². The van der Waals surface area contributed by atoms with Crippen molar-refractivity contribution < 1.29 is 18.1 Å². The van der Waals surface area contributed by atoms with E-state index in [9.17, 15) is 18.5 Å². The Morgan fingerprint density at radius 3 is 2.42 bits per heavy atom. The molecule has 0 saturated carbocycles. The standard InChI is InChI=1S/C16H16N2O5S/c1-11-16(12-4-3-5-14(10-12)23-2)17(11)24(21,22)15-8-6-13(7-9-15)18(19)20/h3-11,16H,1-2H3/t11-,16+,17?/m0/s1. The van der Waals surface area contributed by atoms with Crippen molar-refractivity contribution in [3.63, 3.8) is 0 Å². The van der Waals surface area contributed by atoms with Crippen LogP contribution in [0.5, 0.6) is 5.75 Å². The second kappa shape index (κ2) is 5.88. The van der Waals surface area contributed by atoms with Crippen molar-refractivity contribution in [2.45, 2.75) is 23.9 Å². The molecule has 0 radical (unpaired) electrons. The first-order chi connectivity index (χ1) is 11.4. The van der Waals surface area contributed by atoms with Crippen LogP contribution in [0.3, 0.4) is 0 Å². The Morgan fingerprint density at radius 2 is 1.83 bits per heavy atom. The normalized spacial score (nSPS) is 22.8. The molecule has 1 heterocycles. The Labute approximate surface area is 139 Å². The zero-order valence-electron chi connectivity index (χ0n) is 13.1. The molecular formula is C16H16N2O5S. The van der Waals surface area contributed by atoms with E-state index in [4.69, 9.17) is 4.74 Å². The molecule has 8 heteroatoms. The molecule has 1 aliphatic rings. The van der Waals surface area contributed by atoms with Crippen LogP contribution in [-0.4, -0.2) is 30.8 Å². The van der Waals surface area contributed by atoms with Gasteiger partial charge in [0.1, 0.15) is 5.75 Å². The summed E-state index contributed by atoms with van der Waals surface area (Å²) in [4.78, 5) is 10.2. The van der Waals surface area contributed by atoms with E-state index in [1.54, 1.807) is 13.2 Å². The first kappa shape index (κ1) is 16.4. The topological polar surface area (TPSA) is 89.5 Å². The lowest BCUT2D eigenvalue weighted by Crippen LogP contribution is -2.14. The fourth-order valence-corrected chi connectivity index (χ4v) is 4.62. The molecule has 0 spiro atoms. The van der Waals surface area contributed by atoms with Crippen LogP contribution in [0.2, 0.25) is 0 Å². The van der Waals surface area contributed by atoms with Gasteiger partial charge in [-0.05, 0) is 36.8 Å². The smallest absolute Gasteiger partial charge is 0.269 e. The summed E-state index contributed by atoms with van der Waals surface area (Å²) in [5, 5.41) is 10.7. The van der Waals surface area contributed by atoms with Gasteiger partial charge in [-0.3, -0.25) is 10.1 Å². The average molecular weight is 348 g/mol. The molecule has 0 bridgehead atoms. The summed E-state index contributed by atoms with van der Waals surface area (Å²) in [6.45, 7) is 1.83. The zero-order valence-corrected chi connectivity index (χ0v) is 13.9. The summed E-state index contributed by atoms with van der Waals surface area (Å²) < 4.78 is 32.1. The second-order valence-electron chi connectivity index (χ2n) is 5.55. The molecule has 0 amide bonds. The maximum Gasteiger partial charge on any atom is 0.269 e. The lowest BCUT2D eigenvalue weighted by molar-refractivity contribution is -0.384. The largest absolute Gasteiger partial charge is 0.497 e. The lowest BCUT2D eigenvalue weighted by Gasteiger charge is -2.07. The minimum atomic E-state index is -3.70. The van der Waals surface area contributed by atoms with Crippen LogP contribution in [-0.2, 0) is 10.0 Å². The van der Waals surface area contributed by atoms with Crippen LogP contribution in [0.25, 0.3) is 0 Å². The highest BCUT2D eigenvalue weighted by Crippen LogP contribution is 2.47. The fraction of sp³-hybridized carbons (Fsp3) is 0.250. The van der Waals surface area contributed by atoms with E-state index in [1.807, 2.05) is 25.1 Å². The number of non-ortho nitro benzene ring substituents is 1. The van der Waals surface area contributed by atoms with Crippen molar-refractivity contribution in [3.05, 3.63) is 64.2 Å². The third-order valence-corrected chi connectivity index (χ3v) is 6.08. The first-order valence-corrected chi connectivity index (χ1v) is 8.72. The van der Waals surface area contributed by atoms with Gasteiger partial charge in [0, 0.05) is 18.2 Å². The summed E-state index contributed by atoms with van der Waals surface area (Å²) in [7, 11) is -2.15. The highest BCUT2D eigenvalue weighted by atomic mass is 32.2. The van der Waals surface area contributed by atoms with Crippen molar-refractivity contribution in [2.24, 2.45) is 0 Å². The van der Waals surface area contributed by atoms with Gasteiger partial charge in [0.2, 0.25) is 10.0 Å². The van der Waals surface area contributed by atoms with Gasteiger partial charge in [0.25, 0.3) is 5.69 Å². The zero-order chi connectivity index (χ0) is 17.5. The van der Waals surface area contributed by atoms with E-state index >= 15 is 0 Å². The number of hydrogen-bond donors (Lipinski definition) is 0. The number of nitrogens with zero attached hydrogens (tertiary/aromatic N) is 2. The molecule has 2 aromatic carbocycles. The van der Waals surface area contributed by atoms with Gasteiger partial charge in [0.05, 0.1) is 23.0 Å². The molecule has 2 aromatic rings. The summed E-state index contributed by atoms with van der Waals surface area (Å²) in [6, 6.07) is 11.8. The maximum atomic E-state index is 12.7. The number of nitro benzene ring substituents is 1. The second-order valence-corrected chi connectivity index (χ2v) is 7.39. The Morgan fingerprint density at radius 1 is 1.17 bits per heavy atom. The molecule has 3 rings (SSSR count). The number of ether oxygens (including phenoxy) is 1. The molecule has 7 nitrogen and oxygen atoms in total. The van der Waals surface area contributed by atoms with Gasteiger partial charge in [-0.1, -0.05) is 12.1 Å². The molecule has 24 heavy (non-hydrogen) atoms. The van der Waals surface area contributed by atoms with E-state index < -0.39 is 14.9 Å². The van der Waals surface area contributed by atoms with Gasteiger partial charge in [0.15, 0.2) is 0 Å².